The highest BCUT2D eigenvalue weighted by atomic mass is 32.1. The van der Waals surface area contributed by atoms with Crippen LogP contribution in [0.2, 0.25) is 0 Å². The van der Waals surface area contributed by atoms with Crippen molar-refractivity contribution in [1.82, 2.24) is 24.8 Å². The average molecular weight is 357 g/mol. The first kappa shape index (κ1) is 15.2. The van der Waals surface area contributed by atoms with Gasteiger partial charge in [-0.25, -0.2) is 0 Å². The molecule has 0 spiro atoms. The second-order valence-electron chi connectivity index (χ2n) is 6.26. The van der Waals surface area contributed by atoms with Gasteiger partial charge >= 0.3 is 0 Å². The Bertz CT molecular complexity index is 1250. The Morgan fingerprint density at radius 1 is 0.846 bits per heavy atom. The van der Waals surface area contributed by atoms with Gasteiger partial charge in [0.05, 0.1) is 15.4 Å². The lowest BCUT2D eigenvalue weighted by molar-refractivity contribution is 0.887. The van der Waals surface area contributed by atoms with Crippen LogP contribution in [0.3, 0.4) is 0 Å². The Balaban J connectivity index is 1.73. The average Bonchev–Trinajstić information content (AvgIpc) is 3.29. The number of thiophene rings is 1. The van der Waals surface area contributed by atoms with E-state index in [-0.39, 0.29) is 0 Å². The molecule has 0 saturated carbocycles. The zero-order valence-corrected chi connectivity index (χ0v) is 15.2. The zero-order chi connectivity index (χ0) is 17.7. The number of hydrogen-bond acceptors (Lipinski definition) is 5. The van der Waals surface area contributed by atoms with E-state index in [1.54, 1.807) is 11.3 Å². The monoisotopic (exact) mass is 357 g/mol. The van der Waals surface area contributed by atoms with Crippen LogP contribution in [0.15, 0.2) is 54.7 Å². The molecule has 0 atom stereocenters. The second-order valence-corrected chi connectivity index (χ2v) is 7.35. The van der Waals surface area contributed by atoms with Crippen LogP contribution in [0.25, 0.3) is 37.6 Å². The first-order valence-corrected chi connectivity index (χ1v) is 9.16. The molecular formula is C20H15N5S. The molecule has 0 N–H and O–H groups in total. The van der Waals surface area contributed by atoms with Gasteiger partial charge in [-0.3, -0.25) is 4.98 Å². The minimum Gasteiger partial charge on any atom is -0.255 e. The highest BCUT2D eigenvalue weighted by molar-refractivity contribution is 7.18. The van der Waals surface area contributed by atoms with Gasteiger partial charge in [0.25, 0.3) is 0 Å². The third-order valence-electron chi connectivity index (χ3n) is 4.42. The molecule has 6 heteroatoms. The molecule has 0 radical (unpaired) electrons. The largest absolute Gasteiger partial charge is 0.255 e. The van der Waals surface area contributed by atoms with Gasteiger partial charge in [0, 0.05) is 17.0 Å². The predicted octanol–water partition coefficient (Wildman–Crippen LogP) is 4.68. The zero-order valence-electron chi connectivity index (χ0n) is 14.3. The Kier molecular flexibility index (Phi) is 3.33. The van der Waals surface area contributed by atoms with E-state index in [2.05, 4.69) is 51.6 Å². The molecule has 0 aliphatic heterocycles. The van der Waals surface area contributed by atoms with E-state index in [4.69, 9.17) is 5.10 Å². The minimum atomic E-state index is 0.781. The van der Waals surface area contributed by atoms with E-state index in [9.17, 15) is 0 Å². The third kappa shape index (κ3) is 2.30. The molecule has 0 aliphatic rings. The van der Waals surface area contributed by atoms with E-state index in [0.717, 1.165) is 48.9 Å². The summed E-state index contributed by atoms with van der Waals surface area (Å²) in [6.07, 6.45) is 1.90. The quantitative estimate of drug-likeness (QED) is 0.460. The summed E-state index contributed by atoms with van der Waals surface area (Å²) in [5.41, 5.74) is 3.88. The topological polar surface area (TPSA) is 56.0 Å². The number of aryl methyl sites for hydroxylation is 2. The van der Waals surface area contributed by atoms with Crippen molar-refractivity contribution in [1.29, 1.82) is 0 Å². The molecule has 0 bridgehead atoms. The molecule has 5 nitrogen and oxygen atoms in total. The summed E-state index contributed by atoms with van der Waals surface area (Å²) in [4.78, 5) is 6.77. The van der Waals surface area contributed by atoms with E-state index >= 15 is 0 Å². The fourth-order valence-electron chi connectivity index (χ4n) is 3.08. The van der Waals surface area contributed by atoms with Gasteiger partial charge in [0.15, 0.2) is 11.5 Å². The summed E-state index contributed by atoms with van der Waals surface area (Å²) in [5, 5.41) is 15.4. The lowest BCUT2D eigenvalue weighted by Crippen LogP contribution is -1.98. The van der Waals surface area contributed by atoms with Crippen molar-refractivity contribution in [3.8, 4) is 21.1 Å². The Morgan fingerprint density at radius 2 is 1.65 bits per heavy atom. The second kappa shape index (κ2) is 5.71. The predicted molar refractivity (Wildman–Crippen MR) is 104 cm³/mol. The van der Waals surface area contributed by atoms with Crippen molar-refractivity contribution in [3.05, 3.63) is 66.1 Å². The number of aromatic nitrogens is 5. The molecule has 4 heterocycles. The fraction of sp³-hybridized carbons (Fsp3) is 0.100. The van der Waals surface area contributed by atoms with Gasteiger partial charge < -0.3 is 0 Å². The number of pyridine rings is 1. The molecule has 126 valence electrons. The highest BCUT2D eigenvalue weighted by Gasteiger charge is 2.15. The SMILES string of the molecule is Cc1ccc(-c2ccc(-c3nn4c(C)nnc4c4ccccc34)s2)nc1. The first-order chi connectivity index (χ1) is 12.7. The molecule has 1 aromatic carbocycles. The van der Waals surface area contributed by atoms with Crippen molar-refractivity contribution in [2.75, 3.05) is 0 Å². The Labute approximate surface area is 154 Å². The summed E-state index contributed by atoms with van der Waals surface area (Å²) < 4.78 is 1.82. The van der Waals surface area contributed by atoms with E-state index < -0.39 is 0 Å². The molecule has 0 fully saturated rings. The van der Waals surface area contributed by atoms with Gasteiger partial charge in [-0.05, 0) is 37.6 Å². The lowest BCUT2D eigenvalue weighted by Gasteiger charge is -2.06. The number of nitrogens with zero attached hydrogens (tertiary/aromatic N) is 5. The van der Waals surface area contributed by atoms with Crippen molar-refractivity contribution in [3.63, 3.8) is 0 Å². The van der Waals surface area contributed by atoms with E-state index in [1.807, 2.05) is 36.7 Å². The highest BCUT2D eigenvalue weighted by Crippen LogP contribution is 2.36. The van der Waals surface area contributed by atoms with Gasteiger partial charge in [-0.15, -0.1) is 21.5 Å². The summed E-state index contributed by atoms with van der Waals surface area (Å²) in [6.45, 7) is 3.96. The van der Waals surface area contributed by atoms with Gasteiger partial charge in [-0.2, -0.15) is 9.61 Å². The van der Waals surface area contributed by atoms with Gasteiger partial charge in [-0.1, -0.05) is 30.3 Å². The third-order valence-corrected chi connectivity index (χ3v) is 5.54. The van der Waals surface area contributed by atoms with Crippen LogP contribution in [-0.4, -0.2) is 24.8 Å². The number of rotatable bonds is 2. The Hall–Kier alpha value is -3.12. The number of fused-ring (bicyclic) bond motifs is 3. The van der Waals surface area contributed by atoms with Crippen molar-refractivity contribution >= 4 is 27.8 Å². The molecule has 4 aromatic heterocycles. The Morgan fingerprint density at radius 3 is 2.46 bits per heavy atom. The van der Waals surface area contributed by atoms with Crippen molar-refractivity contribution in [2.45, 2.75) is 13.8 Å². The van der Waals surface area contributed by atoms with Crippen LogP contribution in [-0.2, 0) is 0 Å². The van der Waals surface area contributed by atoms with Gasteiger partial charge in [0.2, 0.25) is 0 Å². The van der Waals surface area contributed by atoms with Crippen LogP contribution in [0.4, 0.5) is 0 Å². The van der Waals surface area contributed by atoms with Crippen LogP contribution in [0, 0.1) is 13.8 Å². The van der Waals surface area contributed by atoms with Crippen molar-refractivity contribution < 1.29 is 0 Å². The molecule has 5 rings (SSSR count). The minimum absolute atomic E-state index is 0.781. The maximum atomic E-state index is 4.84. The molecule has 0 saturated heterocycles. The summed E-state index contributed by atoms with van der Waals surface area (Å²) in [7, 11) is 0. The van der Waals surface area contributed by atoms with Crippen LogP contribution in [0.1, 0.15) is 11.4 Å². The summed E-state index contributed by atoms with van der Waals surface area (Å²) >= 11 is 1.70. The standard InChI is InChI=1S/C20H15N5S/c1-12-7-8-16(21-11-12)17-9-10-18(26-17)19-14-5-3-4-6-15(14)20-23-22-13(2)25(20)24-19/h3-11H,1-2H3. The lowest BCUT2D eigenvalue weighted by atomic mass is 10.1. The van der Waals surface area contributed by atoms with Crippen molar-refractivity contribution in [2.24, 2.45) is 0 Å². The smallest absolute Gasteiger partial charge is 0.185 e. The van der Waals surface area contributed by atoms with Crippen LogP contribution >= 0.6 is 11.3 Å². The van der Waals surface area contributed by atoms with E-state index in [0.29, 0.717) is 0 Å². The fourth-order valence-corrected chi connectivity index (χ4v) is 4.06. The summed E-state index contributed by atoms with van der Waals surface area (Å²) in [6, 6.07) is 16.6. The van der Waals surface area contributed by atoms with E-state index in [1.165, 1.54) is 0 Å². The molecule has 26 heavy (non-hydrogen) atoms. The number of hydrogen-bond donors (Lipinski definition) is 0. The molecular weight excluding hydrogens is 342 g/mol. The van der Waals surface area contributed by atoms with Gasteiger partial charge in [0.1, 0.15) is 5.69 Å². The molecule has 5 aromatic rings. The molecule has 0 unspecified atom stereocenters. The maximum absolute atomic E-state index is 4.84. The first-order valence-electron chi connectivity index (χ1n) is 8.35. The molecule has 0 aliphatic carbocycles. The normalized spacial score (nSPS) is 11.5. The molecule has 0 amide bonds. The maximum Gasteiger partial charge on any atom is 0.185 e. The summed E-state index contributed by atoms with van der Waals surface area (Å²) in [5.74, 6) is 0.781. The number of benzene rings is 1. The van der Waals surface area contributed by atoms with Crippen LogP contribution in [0.5, 0.6) is 0 Å². The van der Waals surface area contributed by atoms with Crippen LogP contribution < -0.4 is 0 Å².